The highest BCUT2D eigenvalue weighted by atomic mass is 32.1. The minimum atomic E-state index is -0.740. The summed E-state index contributed by atoms with van der Waals surface area (Å²) in [4.78, 5) is 14.9. The molecular weight excluding hydrogens is 236 g/mol. The summed E-state index contributed by atoms with van der Waals surface area (Å²) in [6.07, 6.45) is 0.880. The lowest BCUT2D eigenvalue weighted by Crippen LogP contribution is -2.16. The van der Waals surface area contributed by atoms with Crippen molar-refractivity contribution in [2.45, 2.75) is 45.6 Å². The number of carboxylic acid groups (broad SMARTS) is 1. The second kappa shape index (κ2) is 6.12. The van der Waals surface area contributed by atoms with E-state index >= 15 is 0 Å². The molecule has 1 aromatic rings. The molecule has 96 valence electrons. The molecule has 1 aromatic heterocycles. The van der Waals surface area contributed by atoms with Gasteiger partial charge in [-0.1, -0.05) is 20.8 Å². The molecule has 0 spiro atoms. The minimum absolute atomic E-state index is 0.0953. The molecule has 1 heterocycles. The van der Waals surface area contributed by atoms with Crippen molar-refractivity contribution in [3.63, 3.8) is 0 Å². The largest absolute Gasteiger partial charge is 0.481 e. The summed E-state index contributed by atoms with van der Waals surface area (Å²) < 4.78 is 0. The summed E-state index contributed by atoms with van der Waals surface area (Å²) in [7, 11) is 0. The summed E-state index contributed by atoms with van der Waals surface area (Å²) in [6.45, 7) is 7.88. The van der Waals surface area contributed by atoms with Crippen LogP contribution in [0, 0.1) is 0 Å². The van der Waals surface area contributed by atoms with Crippen LogP contribution in [0.25, 0.3) is 0 Å². The van der Waals surface area contributed by atoms with E-state index in [0.29, 0.717) is 6.42 Å². The summed E-state index contributed by atoms with van der Waals surface area (Å²) >= 11 is 1.65. The molecule has 0 unspecified atom stereocenters. The molecule has 0 atom stereocenters. The van der Waals surface area contributed by atoms with Crippen LogP contribution in [0.4, 0.5) is 0 Å². The third-order valence-electron chi connectivity index (χ3n) is 2.34. The van der Waals surface area contributed by atoms with Gasteiger partial charge in [0.25, 0.3) is 0 Å². The number of thiazole rings is 1. The number of aliphatic carboxylic acids is 1. The molecule has 0 aromatic carbocycles. The molecule has 17 heavy (non-hydrogen) atoms. The Labute approximate surface area is 106 Å². The van der Waals surface area contributed by atoms with Gasteiger partial charge in [-0.25, -0.2) is 4.98 Å². The molecule has 0 bridgehead atoms. The van der Waals surface area contributed by atoms with E-state index in [-0.39, 0.29) is 11.8 Å². The summed E-state index contributed by atoms with van der Waals surface area (Å²) in [5, 5.41) is 14.8. The summed E-state index contributed by atoms with van der Waals surface area (Å²) in [5.74, 6) is -0.740. The first-order chi connectivity index (χ1) is 7.89. The van der Waals surface area contributed by atoms with Crippen LogP contribution in [0.3, 0.4) is 0 Å². The Kier molecular flexibility index (Phi) is 5.08. The zero-order valence-electron chi connectivity index (χ0n) is 10.6. The van der Waals surface area contributed by atoms with Gasteiger partial charge in [-0.05, 0) is 13.0 Å². The lowest BCUT2D eigenvalue weighted by atomic mass is 9.93. The molecule has 0 aliphatic rings. The molecule has 2 N–H and O–H groups in total. The highest BCUT2D eigenvalue weighted by molar-refractivity contribution is 7.09. The van der Waals surface area contributed by atoms with Gasteiger partial charge < -0.3 is 10.4 Å². The molecule has 0 fully saturated rings. The lowest BCUT2D eigenvalue weighted by molar-refractivity contribution is -0.137. The third kappa shape index (κ3) is 5.28. The zero-order chi connectivity index (χ0) is 12.9. The van der Waals surface area contributed by atoms with Crippen LogP contribution in [0.15, 0.2) is 5.38 Å². The molecule has 0 radical (unpaired) electrons. The first-order valence-electron chi connectivity index (χ1n) is 5.77. The molecule has 1 rings (SSSR count). The number of nitrogens with zero attached hydrogens (tertiary/aromatic N) is 1. The van der Waals surface area contributed by atoms with Gasteiger partial charge in [0, 0.05) is 23.8 Å². The van der Waals surface area contributed by atoms with Gasteiger partial charge in [-0.15, -0.1) is 11.3 Å². The first-order valence-corrected chi connectivity index (χ1v) is 6.65. The van der Waals surface area contributed by atoms with Crippen molar-refractivity contribution in [3.8, 4) is 0 Å². The van der Waals surface area contributed by atoms with E-state index < -0.39 is 5.97 Å². The maximum Gasteiger partial charge on any atom is 0.303 e. The van der Waals surface area contributed by atoms with Crippen molar-refractivity contribution in [2.24, 2.45) is 0 Å². The van der Waals surface area contributed by atoms with Crippen LogP contribution in [-0.4, -0.2) is 22.6 Å². The predicted octanol–water partition coefficient (Wildman–Crippen LogP) is 2.40. The van der Waals surface area contributed by atoms with Crippen LogP contribution in [0.2, 0.25) is 0 Å². The number of nitrogens with one attached hydrogen (secondary N) is 1. The quantitative estimate of drug-likeness (QED) is 0.767. The van der Waals surface area contributed by atoms with Gasteiger partial charge in [-0.2, -0.15) is 0 Å². The van der Waals surface area contributed by atoms with E-state index in [1.165, 1.54) is 0 Å². The Morgan fingerprint density at radius 1 is 1.53 bits per heavy atom. The van der Waals surface area contributed by atoms with Crippen LogP contribution in [0.1, 0.15) is 44.3 Å². The van der Waals surface area contributed by atoms with Gasteiger partial charge in [0.1, 0.15) is 5.01 Å². The van der Waals surface area contributed by atoms with Crippen molar-refractivity contribution in [2.75, 3.05) is 6.54 Å². The SMILES string of the molecule is CC(C)(C)c1csc(CNCCCC(=O)O)n1. The number of hydrogen-bond acceptors (Lipinski definition) is 4. The smallest absolute Gasteiger partial charge is 0.303 e. The van der Waals surface area contributed by atoms with Gasteiger partial charge in [-0.3, -0.25) is 4.79 Å². The van der Waals surface area contributed by atoms with E-state index in [4.69, 9.17) is 5.11 Å². The zero-order valence-corrected chi connectivity index (χ0v) is 11.4. The van der Waals surface area contributed by atoms with Crippen LogP contribution >= 0.6 is 11.3 Å². The predicted molar refractivity (Wildman–Crippen MR) is 69.4 cm³/mol. The molecule has 0 saturated carbocycles. The van der Waals surface area contributed by atoms with Gasteiger partial charge in [0.2, 0.25) is 0 Å². The third-order valence-corrected chi connectivity index (χ3v) is 3.19. The molecule has 0 aliphatic heterocycles. The van der Waals surface area contributed by atoms with Crippen LogP contribution < -0.4 is 5.32 Å². The van der Waals surface area contributed by atoms with Crippen LogP contribution in [-0.2, 0) is 16.8 Å². The van der Waals surface area contributed by atoms with E-state index in [0.717, 1.165) is 23.8 Å². The van der Waals surface area contributed by atoms with Crippen molar-refractivity contribution in [1.29, 1.82) is 0 Å². The molecule has 0 amide bonds. The van der Waals surface area contributed by atoms with E-state index in [9.17, 15) is 4.79 Å². The maximum atomic E-state index is 10.3. The fourth-order valence-corrected chi connectivity index (χ4v) is 2.29. The highest BCUT2D eigenvalue weighted by Crippen LogP contribution is 2.23. The molecule has 0 saturated heterocycles. The van der Waals surface area contributed by atoms with Crippen molar-refractivity contribution in [3.05, 3.63) is 16.1 Å². The number of rotatable bonds is 6. The van der Waals surface area contributed by atoms with Gasteiger partial charge in [0.05, 0.1) is 5.69 Å². The summed E-state index contributed by atoms with van der Waals surface area (Å²) in [6, 6.07) is 0. The average Bonchev–Trinajstić information content (AvgIpc) is 2.64. The number of aromatic nitrogens is 1. The fraction of sp³-hybridized carbons (Fsp3) is 0.667. The monoisotopic (exact) mass is 256 g/mol. The Balaban J connectivity index is 2.28. The Hall–Kier alpha value is -0.940. The summed E-state index contributed by atoms with van der Waals surface area (Å²) in [5.41, 5.74) is 1.21. The molecule has 5 heteroatoms. The lowest BCUT2D eigenvalue weighted by Gasteiger charge is -2.14. The number of carbonyl (C=O) groups is 1. The number of carboxylic acids is 1. The Bertz CT molecular complexity index is 369. The Morgan fingerprint density at radius 2 is 2.24 bits per heavy atom. The standard InChI is InChI=1S/C12H20N2O2S/c1-12(2,3)9-8-17-10(14-9)7-13-6-4-5-11(15)16/h8,13H,4-7H2,1-3H3,(H,15,16). The second-order valence-corrected chi connectivity index (χ2v) is 5.99. The molecular formula is C12H20N2O2S. The van der Waals surface area contributed by atoms with E-state index in [2.05, 4.69) is 36.5 Å². The first kappa shape index (κ1) is 14.1. The fourth-order valence-electron chi connectivity index (χ4n) is 1.30. The van der Waals surface area contributed by atoms with Crippen molar-refractivity contribution in [1.82, 2.24) is 10.3 Å². The highest BCUT2D eigenvalue weighted by Gasteiger charge is 2.16. The maximum absolute atomic E-state index is 10.3. The minimum Gasteiger partial charge on any atom is -0.481 e. The molecule has 4 nitrogen and oxygen atoms in total. The molecule has 0 aliphatic carbocycles. The Morgan fingerprint density at radius 3 is 2.76 bits per heavy atom. The van der Waals surface area contributed by atoms with Crippen molar-refractivity contribution >= 4 is 17.3 Å². The second-order valence-electron chi connectivity index (χ2n) is 5.05. The average molecular weight is 256 g/mol. The topological polar surface area (TPSA) is 62.2 Å². The van der Waals surface area contributed by atoms with Crippen molar-refractivity contribution < 1.29 is 9.90 Å². The van der Waals surface area contributed by atoms with Crippen LogP contribution in [0.5, 0.6) is 0 Å². The number of hydrogen-bond donors (Lipinski definition) is 2. The van der Waals surface area contributed by atoms with Gasteiger partial charge >= 0.3 is 5.97 Å². The van der Waals surface area contributed by atoms with E-state index in [1.54, 1.807) is 11.3 Å². The van der Waals surface area contributed by atoms with E-state index in [1.807, 2.05) is 0 Å². The van der Waals surface area contributed by atoms with Gasteiger partial charge in [0.15, 0.2) is 0 Å². The normalized spacial score (nSPS) is 11.7.